The Balaban J connectivity index is 1.94. The summed E-state index contributed by atoms with van der Waals surface area (Å²) in [5.74, 6) is 0.483. The fraction of sp³-hybridized carbons (Fsp3) is 0.167. The van der Waals surface area contributed by atoms with E-state index < -0.39 is 0 Å². The van der Waals surface area contributed by atoms with Crippen LogP contribution in [0.5, 0.6) is 5.75 Å². The third kappa shape index (κ3) is 5.29. The number of rotatable bonds is 6. The van der Waals surface area contributed by atoms with Crippen LogP contribution in [-0.4, -0.2) is 23.7 Å². The van der Waals surface area contributed by atoms with E-state index in [0.29, 0.717) is 6.61 Å². The fourth-order valence-corrected chi connectivity index (χ4v) is 1.83. The Hall–Kier alpha value is -3.13. The number of nitriles is 1. The minimum absolute atomic E-state index is 0.0654. The molecule has 116 valence electrons. The number of hydrogen-bond donors (Lipinski definition) is 0. The van der Waals surface area contributed by atoms with Crippen LogP contribution < -0.4 is 4.74 Å². The average Bonchev–Trinajstić information content (AvgIpc) is 2.58. The topological polar surface area (TPSA) is 65.7 Å². The molecule has 2 aromatic carbocycles. The average molecular weight is 307 g/mol. The number of hydrogen-bond acceptors (Lipinski definition) is 4. The molecular formula is C18H17N3O2. The van der Waals surface area contributed by atoms with Crippen LogP contribution >= 0.6 is 0 Å². The van der Waals surface area contributed by atoms with Gasteiger partial charge in [-0.2, -0.15) is 10.4 Å². The van der Waals surface area contributed by atoms with Crippen molar-refractivity contribution in [3.8, 4) is 11.8 Å². The molecule has 0 atom stereocenters. The van der Waals surface area contributed by atoms with Gasteiger partial charge in [-0.15, -0.1) is 0 Å². The molecule has 5 nitrogen and oxygen atoms in total. The molecule has 5 heteroatoms. The maximum absolute atomic E-state index is 11.3. The van der Waals surface area contributed by atoms with Crippen molar-refractivity contribution in [2.75, 3.05) is 6.54 Å². The molecule has 23 heavy (non-hydrogen) atoms. The predicted octanol–water partition coefficient (Wildman–Crippen LogP) is 2.97. The Labute approximate surface area is 135 Å². The van der Waals surface area contributed by atoms with Gasteiger partial charge in [0, 0.05) is 6.92 Å². The number of carbonyl (C=O) groups excluding carboxylic acids is 1. The zero-order chi connectivity index (χ0) is 16.5. The molecule has 0 aliphatic carbocycles. The summed E-state index contributed by atoms with van der Waals surface area (Å²) < 4.78 is 5.70. The zero-order valence-electron chi connectivity index (χ0n) is 12.8. The van der Waals surface area contributed by atoms with Crippen molar-refractivity contribution < 1.29 is 9.53 Å². The molecule has 0 radical (unpaired) electrons. The number of nitrogens with zero attached hydrogens (tertiary/aromatic N) is 3. The summed E-state index contributed by atoms with van der Waals surface area (Å²) >= 11 is 0. The standard InChI is InChI=1S/C18H17N3O2/c1-15(22)21(12-11-19)20-13-16-7-9-18(10-8-16)23-14-17-5-3-2-4-6-17/h2-10,13H,12,14H2,1H3. The van der Waals surface area contributed by atoms with E-state index in [0.717, 1.165) is 21.9 Å². The summed E-state index contributed by atoms with van der Waals surface area (Å²) in [6.07, 6.45) is 1.54. The quantitative estimate of drug-likeness (QED) is 0.468. The van der Waals surface area contributed by atoms with E-state index in [9.17, 15) is 4.79 Å². The number of ether oxygens (including phenoxy) is 1. The van der Waals surface area contributed by atoms with Crippen LogP contribution in [0.15, 0.2) is 59.7 Å². The normalized spacial score (nSPS) is 10.3. The molecule has 0 spiro atoms. The van der Waals surface area contributed by atoms with Gasteiger partial charge in [-0.05, 0) is 35.4 Å². The van der Waals surface area contributed by atoms with Gasteiger partial charge in [0.1, 0.15) is 18.9 Å². The van der Waals surface area contributed by atoms with Crippen molar-refractivity contribution in [3.05, 3.63) is 65.7 Å². The van der Waals surface area contributed by atoms with Crippen LogP contribution in [0.4, 0.5) is 0 Å². The van der Waals surface area contributed by atoms with E-state index in [-0.39, 0.29) is 12.5 Å². The summed E-state index contributed by atoms with van der Waals surface area (Å²) in [6.45, 7) is 1.81. The van der Waals surface area contributed by atoms with Gasteiger partial charge in [-0.25, -0.2) is 5.01 Å². The first kappa shape index (κ1) is 16.2. The van der Waals surface area contributed by atoms with Gasteiger partial charge in [-0.1, -0.05) is 30.3 Å². The van der Waals surface area contributed by atoms with Crippen LogP contribution in [0.2, 0.25) is 0 Å². The molecule has 0 aliphatic rings. The Bertz CT molecular complexity index is 703. The number of hydrazone groups is 1. The maximum Gasteiger partial charge on any atom is 0.240 e. The van der Waals surface area contributed by atoms with Crippen molar-refractivity contribution in [1.29, 1.82) is 5.26 Å². The van der Waals surface area contributed by atoms with Gasteiger partial charge in [0.05, 0.1) is 12.3 Å². The summed E-state index contributed by atoms with van der Waals surface area (Å²) in [6, 6.07) is 19.2. The third-order valence-electron chi connectivity index (χ3n) is 3.06. The SMILES string of the molecule is CC(=O)N(CC#N)N=Cc1ccc(OCc2ccccc2)cc1. The lowest BCUT2D eigenvalue weighted by atomic mass is 10.2. The van der Waals surface area contributed by atoms with Crippen LogP contribution in [0.1, 0.15) is 18.1 Å². The predicted molar refractivity (Wildman–Crippen MR) is 87.8 cm³/mol. The summed E-state index contributed by atoms with van der Waals surface area (Å²) in [5, 5.41) is 13.8. The van der Waals surface area contributed by atoms with E-state index in [1.165, 1.54) is 6.92 Å². The van der Waals surface area contributed by atoms with Crippen LogP contribution in [0, 0.1) is 11.3 Å². The first-order valence-electron chi connectivity index (χ1n) is 7.15. The van der Waals surface area contributed by atoms with Crippen LogP contribution in [0.25, 0.3) is 0 Å². The molecule has 0 unspecified atom stereocenters. The zero-order valence-corrected chi connectivity index (χ0v) is 12.8. The monoisotopic (exact) mass is 307 g/mol. The Morgan fingerprint density at radius 3 is 2.52 bits per heavy atom. The lowest BCUT2D eigenvalue weighted by Crippen LogP contribution is -2.23. The van der Waals surface area contributed by atoms with E-state index in [4.69, 9.17) is 10.00 Å². The molecule has 0 aliphatic heterocycles. The number of amides is 1. The smallest absolute Gasteiger partial charge is 0.240 e. The molecule has 0 heterocycles. The van der Waals surface area contributed by atoms with Gasteiger partial charge >= 0.3 is 0 Å². The molecule has 2 aromatic rings. The fourth-order valence-electron chi connectivity index (χ4n) is 1.83. The summed E-state index contributed by atoms with van der Waals surface area (Å²) in [7, 11) is 0. The molecule has 0 fully saturated rings. The minimum Gasteiger partial charge on any atom is -0.489 e. The Morgan fingerprint density at radius 1 is 1.22 bits per heavy atom. The second kappa shape index (κ2) is 8.35. The highest BCUT2D eigenvalue weighted by Gasteiger charge is 2.04. The first-order valence-corrected chi connectivity index (χ1v) is 7.15. The van der Waals surface area contributed by atoms with E-state index in [1.54, 1.807) is 6.21 Å². The molecule has 0 aromatic heterocycles. The molecule has 0 N–H and O–H groups in total. The molecule has 2 rings (SSSR count). The van der Waals surface area contributed by atoms with Crippen molar-refractivity contribution >= 4 is 12.1 Å². The Kier molecular flexibility index (Phi) is 5.89. The van der Waals surface area contributed by atoms with Crippen molar-refractivity contribution in [3.63, 3.8) is 0 Å². The summed E-state index contributed by atoms with van der Waals surface area (Å²) in [4.78, 5) is 11.3. The Morgan fingerprint density at radius 2 is 1.91 bits per heavy atom. The molecule has 1 amide bonds. The molecule has 0 saturated heterocycles. The second-order valence-corrected chi connectivity index (χ2v) is 4.82. The lowest BCUT2D eigenvalue weighted by molar-refractivity contribution is -0.128. The van der Waals surface area contributed by atoms with Gasteiger partial charge in [-0.3, -0.25) is 4.79 Å². The van der Waals surface area contributed by atoms with Gasteiger partial charge in [0.2, 0.25) is 5.91 Å². The highest BCUT2D eigenvalue weighted by Crippen LogP contribution is 2.13. The van der Waals surface area contributed by atoms with Crippen LogP contribution in [-0.2, 0) is 11.4 Å². The molecule has 0 bridgehead atoms. The van der Waals surface area contributed by atoms with Gasteiger partial charge in [0.15, 0.2) is 0 Å². The summed E-state index contributed by atoms with van der Waals surface area (Å²) in [5.41, 5.74) is 1.92. The first-order chi connectivity index (χ1) is 11.2. The van der Waals surface area contributed by atoms with Crippen LogP contribution in [0.3, 0.4) is 0 Å². The minimum atomic E-state index is -0.273. The van der Waals surface area contributed by atoms with E-state index >= 15 is 0 Å². The van der Waals surface area contributed by atoms with E-state index in [1.807, 2.05) is 60.7 Å². The van der Waals surface area contributed by atoms with Gasteiger partial charge < -0.3 is 4.74 Å². The second-order valence-electron chi connectivity index (χ2n) is 4.82. The van der Waals surface area contributed by atoms with Crippen molar-refractivity contribution in [2.24, 2.45) is 5.10 Å². The van der Waals surface area contributed by atoms with Crippen molar-refractivity contribution in [1.82, 2.24) is 5.01 Å². The number of benzene rings is 2. The maximum atomic E-state index is 11.3. The third-order valence-corrected chi connectivity index (χ3v) is 3.06. The number of carbonyl (C=O) groups is 1. The highest BCUT2D eigenvalue weighted by atomic mass is 16.5. The van der Waals surface area contributed by atoms with E-state index in [2.05, 4.69) is 5.10 Å². The largest absolute Gasteiger partial charge is 0.489 e. The lowest BCUT2D eigenvalue weighted by Gasteiger charge is -2.09. The van der Waals surface area contributed by atoms with Gasteiger partial charge in [0.25, 0.3) is 0 Å². The molecular weight excluding hydrogens is 290 g/mol. The molecule has 0 saturated carbocycles. The van der Waals surface area contributed by atoms with Crippen molar-refractivity contribution in [2.45, 2.75) is 13.5 Å². The highest BCUT2D eigenvalue weighted by molar-refractivity contribution is 5.82.